The van der Waals surface area contributed by atoms with Crippen molar-refractivity contribution in [3.63, 3.8) is 0 Å². The molecule has 150 valence electrons. The number of nitrogens with zero attached hydrogens (tertiary/aromatic N) is 1. The number of halogens is 3. The summed E-state index contributed by atoms with van der Waals surface area (Å²) in [4.78, 5) is 26.4. The molecule has 1 aliphatic heterocycles. The van der Waals surface area contributed by atoms with Crippen LogP contribution < -0.4 is 5.32 Å². The van der Waals surface area contributed by atoms with E-state index in [2.05, 4.69) is 5.32 Å². The molecule has 0 aromatic carbocycles. The van der Waals surface area contributed by atoms with Crippen molar-refractivity contribution >= 4 is 11.8 Å². The summed E-state index contributed by atoms with van der Waals surface area (Å²) in [5.74, 6) is -2.58. The molecule has 2 aliphatic rings. The van der Waals surface area contributed by atoms with Gasteiger partial charge >= 0.3 is 6.18 Å². The van der Waals surface area contributed by atoms with Crippen LogP contribution in [0.15, 0.2) is 22.8 Å². The number of hydrogen-bond acceptors (Lipinski definition) is 3. The quantitative estimate of drug-likeness (QED) is 0.862. The predicted octanol–water partition coefficient (Wildman–Crippen LogP) is 3.50. The fourth-order valence-corrected chi connectivity index (χ4v) is 4.15. The first-order chi connectivity index (χ1) is 12.9. The van der Waals surface area contributed by atoms with E-state index in [9.17, 15) is 22.8 Å². The van der Waals surface area contributed by atoms with E-state index in [1.54, 1.807) is 12.1 Å². The first-order valence-corrected chi connectivity index (χ1v) is 9.52. The fraction of sp³-hybridized carbons (Fsp3) is 0.684. The monoisotopic (exact) mass is 386 g/mol. The number of hydrogen-bond donors (Lipinski definition) is 1. The lowest BCUT2D eigenvalue weighted by molar-refractivity contribution is -0.201. The highest BCUT2D eigenvalue weighted by Gasteiger charge is 2.49. The van der Waals surface area contributed by atoms with E-state index < -0.39 is 23.9 Å². The molecule has 0 spiro atoms. The van der Waals surface area contributed by atoms with Crippen molar-refractivity contribution in [3.05, 3.63) is 24.2 Å². The molecule has 2 heterocycles. The summed E-state index contributed by atoms with van der Waals surface area (Å²) in [6.45, 7) is 0.970. The Labute approximate surface area is 156 Å². The maximum atomic E-state index is 13.3. The average molecular weight is 386 g/mol. The van der Waals surface area contributed by atoms with Crippen LogP contribution in [0.1, 0.15) is 44.3 Å². The van der Waals surface area contributed by atoms with Crippen LogP contribution in [-0.4, -0.2) is 36.0 Å². The molecule has 3 rings (SSSR count). The van der Waals surface area contributed by atoms with Crippen molar-refractivity contribution in [3.8, 4) is 0 Å². The van der Waals surface area contributed by atoms with Gasteiger partial charge in [-0.3, -0.25) is 9.59 Å². The van der Waals surface area contributed by atoms with Gasteiger partial charge in [0.2, 0.25) is 11.8 Å². The van der Waals surface area contributed by atoms with Crippen LogP contribution in [0.5, 0.6) is 0 Å². The van der Waals surface area contributed by atoms with E-state index in [-0.39, 0.29) is 18.2 Å². The third kappa shape index (κ3) is 4.84. The van der Waals surface area contributed by atoms with Crippen molar-refractivity contribution in [1.82, 2.24) is 10.2 Å². The molecular weight excluding hydrogens is 361 g/mol. The molecule has 1 aromatic rings. The lowest BCUT2D eigenvalue weighted by Gasteiger charge is -2.38. The Morgan fingerprint density at radius 2 is 1.85 bits per heavy atom. The largest absolute Gasteiger partial charge is 0.467 e. The molecule has 8 heteroatoms. The number of rotatable bonds is 4. The van der Waals surface area contributed by atoms with Gasteiger partial charge in [0, 0.05) is 24.9 Å². The molecule has 1 saturated carbocycles. The average Bonchev–Trinajstić information content (AvgIpc) is 3.18. The van der Waals surface area contributed by atoms with E-state index in [0.29, 0.717) is 57.5 Å². The zero-order valence-corrected chi connectivity index (χ0v) is 15.1. The minimum absolute atomic E-state index is 0.0333. The summed E-state index contributed by atoms with van der Waals surface area (Å²) in [5, 5.41) is 2.80. The van der Waals surface area contributed by atoms with Gasteiger partial charge in [-0.25, -0.2) is 0 Å². The van der Waals surface area contributed by atoms with Crippen LogP contribution in [0, 0.1) is 17.8 Å². The van der Waals surface area contributed by atoms with E-state index in [0.717, 1.165) is 0 Å². The van der Waals surface area contributed by atoms with Crippen molar-refractivity contribution in [1.29, 1.82) is 0 Å². The van der Waals surface area contributed by atoms with Gasteiger partial charge in [0.1, 0.15) is 5.76 Å². The highest BCUT2D eigenvalue weighted by Crippen LogP contribution is 2.42. The molecule has 5 nitrogen and oxygen atoms in total. The molecule has 1 aromatic heterocycles. The summed E-state index contributed by atoms with van der Waals surface area (Å²) >= 11 is 0. The van der Waals surface area contributed by atoms with Gasteiger partial charge in [0.15, 0.2) is 0 Å². The molecule has 2 unspecified atom stereocenters. The molecule has 2 fully saturated rings. The van der Waals surface area contributed by atoms with Gasteiger partial charge in [0.25, 0.3) is 0 Å². The van der Waals surface area contributed by atoms with Crippen LogP contribution in [0.25, 0.3) is 0 Å². The van der Waals surface area contributed by atoms with E-state index in [1.165, 1.54) is 11.2 Å². The van der Waals surface area contributed by atoms with Crippen molar-refractivity contribution in [2.24, 2.45) is 17.8 Å². The number of furan rings is 1. The minimum Gasteiger partial charge on any atom is -0.467 e. The molecule has 0 bridgehead atoms. The molecule has 2 atom stereocenters. The number of alkyl halides is 3. The second-order valence-corrected chi connectivity index (χ2v) is 7.44. The maximum Gasteiger partial charge on any atom is 0.392 e. The Kier molecular flexibility index (Phi) is 6.11. The van der Waals surface area contributed by atoms with Gasteiger partial charge < -0.3 is 14.6 Å². The van der Waals surface area contributed by atoms with Gasteiger partial charge in [-0.05, 0) is 37.8 Å². The number of amides is 2. The predicted molar refractivity (Wildman–Crippen MR) is 91.4 cm³/mol. The van der Waals surface area contributed by atoms with Crippen LogP contribution in [0.4, 0.5) is 13.2 Å². The number of carbonyl (C=O) groups excluding carboxylic acids is 2. The lowest BCUT2D eigenvalue weighted by Crippen LogP contribution is -2.48. The Bertz CT molecular complexity index is 637. The third-order valence-electron chi connectivity index (χ3n) is 5.70. The Hall–Kier alpha value is -1.99. The smallest absolute Gasteiger partial charge is 0.392 e. The lowest BCUT2D eigenvalue weighted by atomic mass is 9.77. The fourth-order valence-electron chi connectivity index (χ4n) is 4.15. The summed E-state index contributed by atoms with van der Waals surface area (Å²) in [6.07, 6.45) is -0.341. The molecular formula is C19H25F3N2O3. The van der Waals surface area contributed by atoms with Crippen LogP contribution >= 0.6 is 0 Å². The maximum absolute atomic E-state index is 13.3. The number of likely N-dealkylation sites (tertiary alicyclic amines) is 1. The summed E-state index contributed by atoms with van der Waals surface area (Å²) < 4.78 is 44.9. The highest BCUT2D eigenvalue weighted by molar-refractivity contribution is 5.81. The Morgan fingerprint density at radius 1 is 1.15 bits per heavy atom. The second kappa shape index (κ2) is 8.35. The van der Waals surface area contributed by atoms with E-state index >= 15 is 0 Å². The Balaban J connectivity index is 1.50. The summed E-state index contributed by atoms with van der Waals surface area (Å²) in [5.41, 5.74) is 0. The van der Waals surface area contributed by atoms with Gasteiger partial charge in [0.05, 0.1) is 18.7 Å². The number of piperidine rings is 1. The van der Waals surface area contributed by atoms with Crippen LogP contribution in [0.3, 0.4) is 0 Å². The van der Waals surface area contributed by atoms with E-state index in [4.69, 9.17) is 4.42 Å². The van der Waals surface area contributed by atoms with E-state index in [1.807, 2.05) is 0 Å². The van der Waals surface area contributed by atoms with Gasteiger partial charge in [-0.2, -0.15) is 13.2 Å². The second-order valence-electron chi connectivity index (χ2n) is 7.44. The highest BCUT2D eigenvalue weighted by atomic mass is 19.4. The normalized spacial score (nSPS) is 24.6. The SMILES string of the molecule is O=C(NCc1ccco1)C1CCN(C(=O)C2CCCCC2C(F)(F)F)CC1. The van der Waals surface area contributed by atoms with Gasteiger partial charge in [-0.1, -0.05) is 12.8 Å². The molecule has 27 heavy (non-hydrogen) atoms. The van der Waals surface area contributed by atoms with Gasteiger partial charge in [-0.15, -0.1) is 0 Å². The standard InChI is InChI=1S/C19H25F3N2O3/c20-19(21,22)16-6-2-1-5-15(16)18(26)24-9-7-13(8-10-24)17(25)23-12-14-4-3-11-27-14/h3-4,11,13,15-16H,1-2,5-10,12H2,(H,23,25). The Morgan fingerprint density at radius 3 is 2.48 bits per heavy atom. The van der Waals surface area contributed by atoms with Crippen LogP contribution in [0.2, 0.25) is 0 Å². The topological polar surface area (TPSA) is 62.6 Å². The molecule has 2 amide bonds. The molecule has 1 N–H and O–H groups in total. The number of carbonyl (C=O) groups is 2. The molecule has 1 saturated heterocycles. The third-order valence-corrected chi connectivity index (χ3v) is 5.70. The van der Waals surface area contributed by atoms with Crippen molar-refractivity contribution in [2.45, 2.75) is 51.2 Å². The summed E-state index contributed by atoms with van der Waals surface area (Å²) in [6, 6.07) is 3.51. The first kappa shape index (κ1) is 19.8. The zero-order chi connectivity index (χ0) is 19.4. The summed E-state index contributed by atoms with van der Waals surface area (Å²) in [7, 11) is 0. The molecule has 1 aliphatic carbocycles. The van der Waals surface area contributed by atoms with Crippen LogP contribution in [-0.2, 0) is 16.1 Å². The number of nitrogens with one attached hydrogen (secondary N) is 1. The van der Waals surface area contributed by atoms with Crippen molar-refractivity contribution in [2.75, 3.05) is 13.1 Å². The van der Waals surface area contributed by atoms with Crippen molar-refractivity contribution < 1.29 is 27.2 Å². The molecule has 0 radical (unpaired) electrons. The first-order valence-electron chi connectivity index (χ1n) is 9.52. The zero-order valence-electron chi connectivity index (χ0n) is 15.1. The minimum atomic E-state index is -4.33.